The fraction of sp³-hybridized carbons (Fsp3) is 0.192. The van der Waals surface area contributed by atoms with Gasteiger partial charge in [0.25, 0.3) is 0 Å². The van der Waals surface area contributed by atoms with Gasteiger partial charge >= 0.3 is 6.18 Å². The predicted molar refractivity (Wildman–Crippen MR) is 121 cm³/mol. The zero-order valence-corrected chi connectivity index (χ0v) is 17.8. The minimum absolute atomic E-state index is 0.104. The van der Waals surface area contributed by atoms with Crippen LogP contribution in [0.4, 0.5) is 13.2 Å². The molecule has 0 aliphatic rings. The summed E-state index contributed by atoms with van der Waals surface area (Å²) in [7, 11) is 0. The number of aromatic nitrogens is 3. The normalized spacial score (nSPS) is 12.7. The van der Waals surface area contributed by atoms with Gasteiger partial charge in [0.15, 0.2) is 0 Å². The average Bonchev–Trinajstić information content (AvgIpc) is 2.74. The van der Waals surface area contributed by atoms with Crippen molar-refractivity contribution in [1.82, 2.24) is 15.4 Å². The Bertz CT molecular complexity index is 1500. The van der Waals surface area contributed by atoms with Crippen LogP contribution in [0, 0.1) is 0 Å². The van der Waals surface area contributed by atoms with Crippen LogP contribution in [0.2, 0.25) is 0 Å². The van der Waals surface area contributed by atoms with Crippen LogP contribution < -0.4 is 0 Å². The maximum Gasteiger partial charge on any atom is 0.419 e. The lowest BCUT2D eigenvalue weighted by Crippen LogP contribution is -2.12. The molecule has 0 bridgehead atoms. The van der Waals surface area contributed by atoms with Gasteiger partial charge in [-0.25, -0.2) is 0 Å². The molecule has 0 saturated carbocycles. The highest BCUT2D eigenvalue weighted by atomic mass is 19.4. The van der Waals surface area contributed by atoms with Crippen LogP contribution in [0.15, 0.2) is 66.7 Å². The Morgan fingerprint density at radius 1 is 0.688 bits per heavy atom. The SMILES string of the molecule is CC(C)(C)c1cc(-c2nnnc3c(C(F)(F)F)c4ccccc4cc23)cc2ccccc12. The Morgan fingerprint density at radius 3 is 1.97 bits per heavy atom. The van der Waals surface area contributed by atoms with Gasteiger partial charge in [0.2, 0.25) is 0 Å². The van der Waals surface area contributed by atoms with E-state index < -0.39 is 11.7 Å². The van der Waals surface area contributed by atoms with Gasteiger partial charge in [-0.1, -0.05) is 69.3 Å². The van der Waals surface area contributed by atoms with E-state index >= 15 is 0 Å². The molecule has 1 aromatic heterocycles. The first-order chi connectivity index (χ1) is 15.1. The lowest BCUT2D eigenvalue weighted by molar-refractivity contribution is -0.135. The molecule has 5 rings (SSSR count). The number of rotatable bonds is 1. The Hall–Kier alpha value is -3.54. The van der Waals surface area contributed by atoms with E-state index in [-0.39, 0.29) is 16.3 Å². The van der Waals surface area contributed by atoms with E-state index in [0.717, 1.165) is 21.9 Å². The van der Waals surface area contributed by atoms with E-state index in [9.17, 15) is 13.2 Å². The second-order valence-corrected chi connectivity index (χ2v) is 9.00. The number of benzene rings is 4. The zero-order valence-electron chi connectivity index (χ0n) is 17.8. The van der Waals surface area contributed by atoms with E-state index in [1.54, 1.807) is 24.3 Å². The number of nitrogens with zero attached hydrogens (tertiary/aromatic N) is 3. The smallest absolute Gasteiger partial charge is 0.166 e. The van der Waals surface area contributed by atoms with E-state index in [1.807, 2.05) is 30.3 Å². The maximum absolute atomic E-state index is 14.1. The van der Waals surface area contributed by atoms with Crippen LogP contribution >= 0.6 is 0 Å². The molecule has 0 atom stereocenters. The average molecular weight is 431 g/mol. The summed E-state index contributed by atoms with van der Waals surface area (Å²) in [5, 5.41) is 14.8. The summed E-state index contributed by atoms with van der Waals surface area (Å²) in [4.78, 5) is 0. The molecule has 1 heterocycles. The van der Waals surface area contributed by atoms with Crippen molar-refractivity contribution in [2.75, 3.05) is 0 Å². The van der Waals surface area contributed by atoms with Gasteiger partial charge in [-0.3, -0.25) is 0 Å². The van der Waals surface area contributed by atoms with Gasteiger partial charge in [-0.15, -0.1) is 10.2 Å². The molecular formula is C26H20F3N3. The highest BCUT2D eigenvalue weighted by molar-refractivity contribution is 6.06. The molecule has 0 aliphatic heterocycles. The first-order valence-electron chi connectivity index (χ1n) is 10.3. The first-order valence-corrected chi connectivity index (χ1v) is 10.3. The minimum atomic E-state index is -4.58. The number of alkyl halides is 3. The summed E-state index contributed by atoms with van der Waals surface area (Å²) in [6.45, 7) is 6.35. The van der Waals surface area contributed by atoms with Crippen molar-refractivity contribution in [3.63, 3.8) is 0 Å². The third kappa shape index (κ3) is 3.27. The van der Waals surface area contributed by atoms with Gasteiger partial charge in [0.05, 0.1) is 5.56 Å². The maximum atomic E-state index is 14.1. The number of hydrogen-bond donors (Lipinski definition) is 0. The van der Waals surface area contributed by atoms with Gasteiger partial charge in [-0.05, 0) is 55.9 Å². The van der Waals surface area contributed by atoms with Crippen molar-refractivity contribution in [3.8, 4) is 11.3 Å². The number of halogens is 3. The molecule has 6 heteroatoms. The van der Waals surface area contributed by atoms with Gasteiger partial charge < -0.3 is 0 Å². The molecule has 0 aliphatic carbocycles. The van der Waals surface area contributed by atoms with Crippen molar-refractivity contribution in [2.24, 2.45) is 0 Å². The Kier molecular flexibility index (Phi) is 4.45. The summed E-state index contributed by atoms with van der Waals surface area (Å²) < 4.78 is 42.4. The summed E-state index contributed by atoms with van der Waals surface area (Å²) >= 11 is 0. The topological polar surface area (TPSA) is 38.7 Å². The summed E-state index contributed by atoms with van der Waals surface area (Å²) in [6, 6.07) is 20.1. The zero-order chi connectivity index (χ0) is 22.7. The molecule has 32 heavy (non-hydrogen) atoms. The van der Waals surface area contributed by atoms with Crippen LogP contribution in [0.5, 0.6) is 0 Å². The van der Waals surface area contributed by atoms with Gasteiger partial charge in [-0.2, -0.15) is 13.2 Å². The summed E-state index contributed by atoms with van der Waals surface area (Å²) in [5.41, 5.74) is 1.06. The molecule has 160 valence electrons. The first kappa shape index (κ1) is 20.4. The standard InChI is InChI=1S/C26H20F3N3/c1-25(2,3)21-14-17(12-15-8-4-6-10-18(15)21)23-20-13-16-9-5-7-11-19(16)22(26(27,28)29)24(20)31-32-30-23/h4-14H,1-3H3. The molecule has 3 nitrogen and oxygen atoms in total. The second-order valence-electron chi connectivity index (χ2n) is 9.00. The Balaban J connectivity index is 1.91. The molecular weight excluding hydrogens is 411 g/mol. The lowest BCUT2D eigenvalue weighted by Gasteiger charge is -2.23. The molecule has 5 aromatic rings. The fourth-order valence-electron chi connectivity index (χ4n) is 4.35. The van der Waals surface area contributed by atoms with Crippen molar-refractivity contribution >= 4 is 32.4 Å². The quantitative estimate of drug-likeness (QED) is 0.261. The Morgan fingerprint density at radius 2 is 1.31 bits per heavy atom. The van der Waals surface area contributed by atoms with Crippen LogP contribution in [0.1, 0.15) is 31.9 Å². The summed E-state index contributed by atoms with van der Waals surface area (Å²) in [6.07, 6.45) is -4.58. The van der Waals surface area contributed by atoms with Crippen molar-refractivity contribution in [2.45, 2.75) is 32.4 Å². The Labute approximate surface area is 182 Å². The number of fused-ring (bicyclic) bond motifs is 3. The van der Waals surface area contributed by atoms with E-state index in [4.69, 9.17) is 0 Å². The highest BCUT2D eigenvalue weighted by Crippen LogP contribution is 2.42. The van der Waals surface area contributed by atoms with Crippen molar-refractivity contribution in [3.05, 3.63) is 77.9 Å². The molecule has 0 N–H and O–H groups in total. The highest BCUT2D eigenvalue weighted by Gasteiger charge is 2.36. The van der Waals surface area contributed by atoms with Crippen LogP contribution in [-0.2, 0) is 11.6 Å². The molecule has 0 unspecified atom stereocenters. The van der Waals surface area contributed by atoms with Gasteiger partial charge in [0.1, 0.15) is 11.2 Å². The molecule has 0 amide bonds. The third-order valence-electron chi connectivity index (χ3n) is 5.79. The van der Waals surface area contributed by atoms with Crippen LogP contribution in [-0.4, -0.2) is 15.4 Å². The van der Waals surface area contributed by atoms with Gasteiger partial charge in [0, 0.05) is 10.9 Å². The lowest BCUT2D eigenvalue weighted by atomic mass is 9.82. The van der Waals surface area contributed by atoms with Crippen LogP contribution in [0.25, 0.3) is 43.7 Å². The predicted octanol–water partition coefficient (Wildman–Crippen LogP) is 7.31. The van der Waals surface area contributed by atoms with Crippen molar-refractivity contribution in [1.29, 1.82) is 0 Å². The van der Waals surface area contributed by atoms with E-state index in [0.29, 0.717) is 16.5 Å². The molecule has 0 saturated heterocycles. The van der Waals surface area contributed by atoms with Crippen LogP contribution in [0.3, 0.4) is 0 Å². The molecule has 0 fully saturated rings. The number of hydrogen-bond acceptors (Lipinski definition) is 3. The van der Waals surface area contributed by atoms with Crippen molar-refractivity contribution < 1.29 is 13.2 Å². The third-order valence-corrected chi connectivity index (χ3v) is 5.79. The molecule has 0 spiro atoms. The monoisotopic (exact) mass is 431 g/mol. The van der Waals surface area contributed by atoms with E-state index in [1.165, 1.54) is 6.07 Å². The summed E-state index contributed by atoms with van der Waals surface area (Å²) in [5.74, 6) is 0. The largest absolute Gasteiger partial charge is 0.419 e. The second kappa shape index (κ2) is 6.99. The fourth-order valence-corrected chi connectivity index (χ4v) is 4.35. The molecule has 0 radical (unpaired) electrons. The molecule has 4 aromatic carbocycles. The van der Waals surface area contributed by atoms with E-state index in [2.05, 4.69) is 42.2 Å². The minimum Gasteiger partial charge on any atom is -0.166 e.